The van der Waals surface area contributed by atoms with Gasteiger partial charge < -0.3 is 4.74 Å². The van der Waals surface area contributed by atoms with Crippen molar-refractivity contribution in [3.8, 4) is 5.75 Å². The minimum atomic E-state index is 0.504. The number of hydrogen-bond acceptors (Lipinski definition) is 2. The molecule has 0 aliphatic heterocycles. The Bertz CT molecular complexity index is 1440. The standard InChI is InChI=1S/C30H25NO/c1-21-14-15-22(2)29(18-21)31-19-28-27-13-6-4-9-24(27)16-17-30(28)32-20-25-11-7-10-23-8-3-5-12-26(23)25/h3-19H,20H2,1-2H3. The number of aliphatic imine (C=N–C) groups is 1. The van der Waals surface area contributed by atoms with Crippen molar-refractivity contribution in [3.63, 3.8) is 0 Å². The van der Waals surface area contributed by atoms with Crippen LogP contribution in [0.25, 0.3) is 21.5 Å². The van der Waals surface area contributed by atoms with E-state index in [1.165, 1.54) is 27.3 Å². The van der Waals surface area contributed by atoms with E-state index in [2.05, 4.69) is 111 Å². The maximum atomic E-state index is 6.39. The molecule has 0 aliphatic carbocycles. The van der Waals surface area contributed by atoms with Gasteiger partial charge in [-0.1, -0.05) is 84.9 Å². The minimum Gasteiger partial charge on any atom is -0.488 e. The van der Waals surface area contributed by atoms with Crippen LogP contribution in [0.15, 0.2) is 102 Å². The highest BCUT2D eigenvalue weighted by molar-refractivity contribution is 6.03. The van der Waals surface area contributed by atoms with Crippen LogP contribution in [0.5, 0.6) is 5.75 Å². The first-order chi connectivity index (χ1) is 15.7. The molecule has 0 N–H and O–H groups in total. The number of hydrogen-bond donors (Lipinski definition) is 0. The second-order valence-corrected chi connectivity index (χ2v) is 8.17. The van der Waals surface area contributed by atoms with Gasteiger partial charge in [0.15, 0.2) is 0 Å². The lowest BCUT2D eigenvalue weighted by atomic mass is 10.0. The summed E-state index contributed by atoms with van der Waals surface area (Å²) < 4.78 is 6.39. The molecule has 0 spiro atoms. The summed E-state index contributed by atoms with van der Waals surface area (Å²) in [5, 5.41) is 4.76. The number of aryl methyl sites for hydroxylation is 2. The summed E-state index contributed by atoms with van der Waals surface area (Å²) in [6, 6.07) is 33.7. The Kier molecular flexibility index (Phi) is 5.43. The van der Waals surface area contributed by atoms with Gasteiger partial charge in [-0.25, -0.2) is 0 Å². The highest BCUT2D eigenvalue weighted by Gasteiger charge is 2.09. The van der Waals surface area contributed by atoms with Gasteiger partial charge in [0, 0.05) is 11.8 Å². The lowest BCUT2D eigenvalue weighted by molar-refractivity contribution is 0.307. The Morgan fingerprint density at radius 1 is 0.719 bits per heavy atom. The van der Waals surface area contributed by atoms with Crippen LogP contribution in [0.3, 0.4) is 0 Å². The van der Waals surface area contributed by atoms with E-state index >= 15 is 0 Å². The van der Waals surface area contributed by atoms with Crippen molar-refractivity contribution in [2.45, 2.75) is 20.5 Å². The number of benzene rings is 5. The normalized spacial score (nSPS) is 11.4. The van der Waals surface area contributed by atoms with E-state index in [-0.39, 0.29) is 0 Å². The van der Waals surface area contributed by atoms with Crippen molar-refractivity contribution in [1.29, 1.82) is 0 Å². The van der Waals surface area contributed by atoms with Crippen molar-refractivity contribution in [1.82, 2.24) is 0 Å². The van der Waals surface area contributed by atoms with Crippen LogP contribution in [0.2, 0.25) is 0 Å². The third-order valence-corrected chi connectivity index (χ3v) is 5.89. The molecule has 0 bridgehead atoms. The quantitative estimate of drug-likeness (QED) is 0.267. The second-order valence-electron chi connectivity index (χ2n) is 8.17. The van der Waals surface area contributed by atoms with Crippen molar-refractivity contribution in [2.24, 2.45) is 4.99 Å². The molecule has 0 saturated heterocycles. The third-order valence-electron chi connectivity index (χ3n) is 5.89. The predicted octanol–water partition coefficient (Wildman–Crippen LogP) is 7.94. The zero-order valence-corrected chi connectivity index (χ0v) is 18.4. The van der Waals surface area contributed by atoms with Crippen LogP contribution in [-0.4, -0.2) is 6.21 Å². The number of rotatable bonds is 5. The maximum Gasteiger partial charge on any atom is 0.129 e. The van der Waals surface area contributed by atoms with Gasteiger partial charge in [-0.05, 0) is 64.2 Å². The topological polar surface area (TPSA) is 21.6 Å². The largest absolute Gasteiger partial charge is 0.488 e. The molecule has 2 heteroatoms. The summed E-state index contributed by atoms with van der Waals surface area (Å²) in [5.41, 5.74) is 5.52. The molecule has 0 heterocycles. The SMILES string of the molecule is Cc1ccc(C)c(N=Cc2c(OCc3cccc4ccccc34)ccc3ccccc23)c1. The molecule has 0 amide bonds. The van der Waals surface area contributed by atoms with Gasteiger partial charge in [0.25, 0.3) is 0 Å². The fourth-order valence-electron chi connectivity index (χ4n) is 4.10. The maximum absolute atomic E-state index is 6.39. The molecule has 5 aromatic carbocycles. The molecular weight excluding hydrogens is 390 g/mol. The second kappa shape index (κ2) is 8.68. The summed E-state index contributed by atoms with van der Waals surface area (Å²) >= 11 is 0. The number of nitrogens with zero attached hydrogens (tertiary/aromatic N) is 1. The van der Waals surface area contributed by atoms with Gasteiger partial charge in [-0.15, -0.1) is 0 Å². The lowest BCUT2D eigenvalue weighted by Crippen LogP contribution is -2.00. The average Bonchev–Trinajstić information content (AvgIpc) is 2.83. The van der Waals surface area contributed by atoms with Crippen molar-refractivity contribution in [3.05, 3.63) is 119 Å². The monoisotopic (exact) mass is 415 g/mol. The molecule has 0 fully saturated rings. The van der Waals surface area contributed by atoms with Gasteiger partial charge in [0.2, 0.25) is 0 Å². The van der Waals surface area contributed by atoms with Crippen LogP contribution in [0.1, 0.15) is 22.3 Å². The fourth-order valence-corrected chi connectivity index (χ4v) is 4.10. The molecular formula is C30H25NO. The molecule has 32 heavy (non-hydrogen) atoms. The molecule has 2 nitrogen and oxygen atoms in total. The Morgan fingerprint density at radius 2 is 1.44 bits per heavy atom. The summed E-state index contributed by atoms with van der Waals surface area (Å²) in [5.74, 6) is 0.839. The van der Waals surface area contributed by atoms with Gasteiger partial charge in [0.1, 0.15) is 12.4 Å². The van der Waals surface area contributed by atoms with E-state index in [9.17, 15) is 0 Å². The molecule has 5 rings (SSSR count). The summed E-state index contributed by atoms with van der Waals surface area (Å²) in [6.07, 6.45) is 1.95. The van der Waals surface area contributed by atoms with Gasteiger partial charge >= 0.3 is 0 Å². The Balaban J connectivity index is 1.54. The van der Waals surface area contributed by atoms with Gasteiger partial charge in [-0.2, -0.15) is 0 Å². The van der Waals surface area contributed by atoms with E-state index in [4.69, 9.17) is 9.73 Å². The van der Waals surface area contributed by atoms with Crippen molar-refractivity contribution >= 4 is 33.4 Å². The average molecular weight is 416 g/mol. The first-order valence-corrected chi connectivity index (χ1v) is 10.9. The first kappa shape index (κ1) is 20.0. The molecule has 0 radical (unpaired) electrons. The highest BCUT2D eigenvalue weighted by Crippen LogP contribution is 2.29. The smallest absolute Gasteiger partial charge is 0.129 e. The molecule has 0 atom stereocenters. The first-order valence-electron chi connectivity index (χ1n) is 10.9. The molecule has 0 saturated carbocycles. The minimum absolute atomic E-state index is 0.504. The zero-order valence-electron chi connectivity index (χ0n) is 18.4. The molecule has 156 valence electrons. The third kappa shape index (κ3) is 4.00. The Morgan fingerprint density at radius 3 is 2.28 bits per heavy atom. The van der Waals surface area contributed by atoms with E-state index in [0.29, 0.717) is 6.61 Å². The molecule has 0 unspecified atom stereocenters. The Hall–Kier alpha value is -3.91. The summed E-state index contributed by atoms with van der Waals surface area (Å²) in [4.78, 5) is 4.85. The van der Waals surface area contributed by atoms with Crippen LogP contribution in [0.4, 0.5) is 5.69 Å². The van der Waals surface area contributed by atoms with E-state index in [1.807, 2.05) is 6.21 Å². The van der Waals surface area contributed by atoms with Gasteiger partial charge in [-0.3, -0.25) is 4.99 Å². The lowest BCUT2D eigenvalue weighted by Gasteiger charge is -2.13. The van der Waals surface area contributed by atoms with E-state index < -0.39 is 0 Å². The van der Waals surface area contributed by atoms with Crippen LogP contribution >= 0.6 is 0 Å². The predicted molar refractivity (Wildman–Crippen MR) is 135 cm³/mol. The van der Waals surface area contributed by atoms with Crippen LogP contribution in [-0.2, 0) is 6.61 Å². The fraction of sp³-hybridized carbons (Fsp3) is 0.100. The van der Waals surface area contributed by atoms with E-state index in [1.54, 1.807) is 0 Å². The highest BCUT2D eigenvalue weighted by atomic mass is 16.5. The van der Waals surface area contributed by atoms with Gasteiger partial charge in [0.05, 0.1) is 5.69 Å². The number of fused-ring (bicyclic) bond motifs is 2. The van der Waals surface area contributed by atoms with E-state index in [0.717, 1.165) is 28.0 Å². The molecule has 0 aliphatic rings. The summed E-state index contributed by atoms with van der Waals surface area (Å²) in [6.45, 7) is 4.69. The van der Waals surface area contributed by atoms with Crippen molar-refractivity contribution in [2.75, 3.05) is 0 Å². The zero-order chi connectivity index (χ0) is 21.9. The summed E-state index contributed by atoms with van der Waals surface area (Å²) in [7, 11) is 0. The van der Waals surface area contributed by atoms with Crippen molar-refractivity contribution < 1.29 is 4.74 Å². The number of ether oxygens (including phenoxy) is 1. The molecule has 5 aromatic rings. The van der Waals surface area contributed by atoms with Crippen LogP contribution < -0.4 is 4.74 Å². The molecule has 0 aromatic heterocycles. The Labute approximate surface area is 188 Å². The van der Waals surface area contributed by atoms with Crippen LogP contribution in [0, 0.1) is 13.8 Å².